The molecular formula is C12H17ClN2. The van der Waals surface area contributed by atoms with E-state index in [-0.39, 0.29) is 0 Å². The standard InChI is InChI=1S/C12H17ClN2/c1-2-9-7-10(8-11(13)12(9)14)15-5-3-4-6-15/h7-8H,2-6,14H2,1H3. The second-order valence-electron chi connectivity index (χ2n) is 4.05. The summed E-state index contributed by atoms with van der Waals surface area (Å²) in [5.41, 5.74) is 9.03. The van der Waals surface area contributed by atoms with Crippen LogP contribution in [-0.4, -0.2) is 13.1 Å². The van der Waals surface area contributed by atoms with Crippen molar-refractivity contribution >= 4 is 23.0 Å². The number of aryl methyl sites for hydroxylation is 1. The van der Waals surface area contributed by atoms with Gasteiger partial charge in [-0.1, -0.05) is 18.5 Å². The van der Waals surface area contributed by atoms with Gasteiger partial charge in [-0.3, -0.25) is 0 Å². The van der Waals surface area contributed by atoms with Crippen molar-refractivity contribution in [1.29, 1.82) is 0 Å². The van der Waals surface area contributed by atoms with Gasteiger partial charge in [-0.05, 0) is 37.0 Å². The SMILES string of the molecule is CCc1cc(N2CCCC2)cc(Cl)c1N. The van der Waals surface area contributed by atoms with E-state index in [0.717, 1.165) is 30.8 Å². The summed E-state index contributed by atoms with van der Waals surface area (Å²) in [6.07, 6.45) is 3.50. The summed E-state index contributed by atoms with van der Waals surface area (Å²) in [6, 6.07) is 4.16. The zero-order chi connectivity index (χ0) is 10.8. The Morgan fingerprint density at radius 2 is 2.00 bits per heavy atom. The summed E-state index contributed by atoms with van der Waals surface area (Å²) in [6.45, 7) is 4.39. The molecule has 15 heavy (non-hydrogen) atoms. The number of nitrogens with two attached hydrogens (primary N) is 1. The molecule has 0 atom stereocenters. The summed E-state index contributed by atoms with van der Waals surface area (Å²) in [5.74, 6) is 0. The molecule has 0 unspecified atom stereocenters. The fraction of sp³-hybridized carbons (Fsp3) is 0.500. The first kappa shape index (κ1) is 10.6. The molecule has 0 saturated carbocycles. The van der Waals surface area contributed by atoms with Crippen molar-refractivity contribution in [2.45, 2.75) is 26.2 Å². The van der Waals surface area contributed by atoms with E-state index < -0.39 is 0 Å². The van der Waals surface area contributed by atoms with Crippen molar-refractivity contribution in [2.24, 2.45) is 0 Å². The maximum Gasteiger partial charge on any atom is 0.0658 e. The predicted octanol–water partition coefficient (Wildman–Crippen LogP) is 3.08. The average Bonchev–Trinajstić information content (AvgIpc) is 2.75. The molecule has 1 saturated heterocycles. The van der Waals surface area contributed by atoms with Crippen LogP contribution in [0.1, 0.15) is 25.3 Å². The second kappa shape index (κ2) is 4.31. The first-order valence-corrected chi connectivity index (χ1v) is 5.93. The van der Waals surface area contributed by atoms with Gasteiger partial charge in [0.25, 0.3) is 0 Å². The van der Waals surface area contributed by atoms with Crippen molar-refractivity contribution in [2.75, 3.05) is 23.7 Å². The number of halogens is 1. The monoisotopic (exact) mass is 224 g/mol. The van der Waals surface area contributed by atoms with Crippen LogP contribution in [0.2, 0.25) is 5.02 Å². The highest BCUT2D eigenvalue weighted by molar-refractivity contribution is 6.33. The topological polar surface area (TPSA) is 29.3 Å². The van der Waals surface area contributed by atoms with E-state index in [1.165, 1.54) is 18.5 Å². The molecule has 1 fully saturated rings. The van der Waals surface area contributed by atoms with Crippen molar-refractivity contribution in [3.05, 3.63) is 22.7 Å². The van der Waals surface area contributed by atoms with Crippen molar-refractivity contribution in [3.63, 3.8) is 0 Å². The molecule has 2 nitrogen and oxygen atoms in total. The van der Waals surface area contributed by atoms with Gasteiger partial charge >= 0.3 is 0 Å². The van der Waals surface area contributed by atoms with Gasteiger partial charge in [-0.25, -0.2) is 0 Å². The lowest BCUT2D eigenvalue weighted by atomic mass is 10.1. The van der Waals surface area contributed by atoms with E-state index in [4.69, 9.17) is 17.3 Å². The molecule has 1 aromatic rings. The molecule has 0 aromatic heterocycles. The van der Waals surface area contributed by atoms with Crippen LogP contribution in [0.25, 0.3) is 0 Å². The van der Waals surface area contributed by atoms with E-state index in [2.05, 4.69) is 17.9 Å². The largest absolute Gasteiger partial charge is 0.397 e. The van der Waals surface area contributed by atoms with Gasteiger partial charge in [0.15, 0.2) is 0 Å². The highest BCUT2D eigenvalue weighted by Crippen LogP contribution is 2.31. The highest BCUT2D eigenvalue weighted by atomic mass is 35.5. The summed E-state index contributed by atoms with van der Waals surface area (Å²) >= 11 is 6.12. The van der Waals surface area contributed by atoms with Crippen LogP contribution in [-0.2, 0) is 6.42 Å². The third kappa shape index (κ3) is 2.05. The van der Waals surface area contributed by atoms with Crippen LogP contribution in [0, 0.1) is 0 Å². The fourth-order valence-corrected chi connectivity index (χ4v) is 2.34. The highest BCUT2D eigenvalue weighted by Gasteiger charge is 2.14. The minimum Gasteiger partial charge on any atom is -0.397 e. The number of nitrogens with zero attached hydrogens (tertiary/aromatic N) is 1. The van der Waals surface area contributed by atoms with Crippen LogP contribution >= 0.6 is 11.6 Å². The maximum absolute atomic E-state index is 6.12. The molecule has 0 amide bonds. The van der Waals surface area contributed by atoms with Gasteiger partial charge in [-0.15, -0.1) is 0 Å². The van der Waals surface area contributed by atoms with Gasteiger partial charge in [0.1, 0.15) is 0 Å². The van der Waals surface area contributed by atoms with E-state index in [1.807, 2.05) is 6.07 Å². The van der Waals surface area contributed by atoms with E-state index in [9.17, 15) is 0 Å². The van der Waals surface area contributed by atoms with E-state index in [0.29, 0.717) is 5.02 Å². The Kier molecular flexibility index (Phi) is 3.06. The van der Waals surface area contributed by atoms with E-state index >= 15 is 0 Å². The summed E-state index contributed by atoms with van der Waals surface area (Å²) < 4.78 is 0. The maximum atomic E-state index is 6.12. The lowest BCUT2D eigenvalue weighted by molar-refractivity contribution is 0.949. The molecule has 0 bridgehead atoms. The fourth-order valence-electron chi connectivity index (χ4n) is 2.11. The number of anilines is 2. The smallest absolute Gasteiger partial charge is 0.0658 e. The Hall–Kier alpha value is -0.890. The van der Waals surface area contributed by atoms with Gasteiger partial charge in [0.05, 0.1) is 10.7 Å². The number of hydrogen-bond acceptors (Lipinski definition) is 2. The third-order valence-corrected chi connectivity index (χ3v) is 3.36. The zero-order valence-corrected chi connectivity index (χ0v) is 9.85. The first-order chi connectivity index (χ1) is 7.22. The molecule has 0 spiro atoms. The second-order valence-corrected chi connectivity index (χ2v) is 4.46. The Morgan fingerprint density at radius 1 is 1.33 bits per heavy atom. The minimum atomic E-state index is 0.691. The van der Waals surface area contributed by atoms with Crippen LogP contribution in [0.4, 0.5) is 11.4 Å². The van der Waals surface area contributed by atoms with Crippen LogP contribution in [0.3, 0.4) is 0 Å². The van der Waals surface area contributed by atoms with Crippen LogP contribution in [0.5, 0.6) is 0 Å². The molecule has 3 heteroatoms. The molecule has 1 aliphatic rings. The molecule has 2 rings (SSSR count). The van der Waals surface area contributed by atoms with Crippen molar-refractivity contribution < 1.29 is 0 Å². The zero-order valence-electron chi connectivity index (χ0n) is 9.09. The predicted molar refractivity (Wildman–Crippen MR) is 66.7 cm³/mol. The molecular weight excluding hydrogens is 208 g/mol. The molecule has 82 valence electrons. The molecule has 2 N–H and O–H groups in total. The number of hydrogen-bond donors (Lipinski definition) is 1. The number of nitrogen functional groups attached to an aromatic ring is 1. The third-order valence-electron chi connectivity index (χ3n) is 3.05. The van der Waals surface area contributed by atoms with Crippen molar-refractivity contribution in [1.82, 2.24) is 0 Å². The normalized spacial score (nSPS) is 16.0. The molecule has 1 heterocycles. The molecule has 0 radical (unpaired) electrons. The number of rotatable bonds is 2. The minimum absolute atomic E-state index is 0.691. The molecule has 1 aliphatic heterocycles. The Balaban J connectivity index is 2.35. The Labute approximate surface area is 96.0 Å². The summed E-state index contributed by atoms with van der Waals surface area (Å²) in [4.78, 5) is 2.38. The Morgan fingerprint density at radius 3 is 2.60 bits per heavy atom. The van der Waals surface area contributed by atoms with Gasteiger partial charge < -0.3 is 10.6 Å². The summed E-state index contributed by atoms with van der Waals surface area (Å²) in [5, 5.41) is 0.691. The first-order valence-electron chi connectivity index (χ1n) is 5.55. The van der Waals surface area contributed by atoms with E-state index in [1.54, 1.807) is 0 Å². The molecule has 0 aliphatic carbocycles. The number of benzene rings is 1. The average molecular weight is 225 g/mol. The lowest BCUT2D eigenvalue weighted by Crippen LogP contribution is -2.18. The lowest BCUT2D eigenvalue weighted by Gasteiger charge is -2.19. The van der Waals surface area contributed by atoms with Gasteiger partial charge in [0.2, 0.25) is 0 Å². The van der Waals surface area contributed by atoms with Gasteiger partial charge in [0, 0.05) is 18.8 Å². The Bertz CT molecular complexity index is 357. The quantitative estimate of drug-likeness (QED) is 0.783. The summed E-state index contributed by atoms with van der Waals surface area (Å²) in [7, 11) is 0. The van der Waals surface area contributed by atoms with Crippen LogP contribution in [0.15, 0.2) is 12.1 Å². The van der Waals surface area contributed by atoms with Crippen LogP contribution < -0.4 is 10.6 Å². The van der Waals surface area contributed by atoms with Crippen molar-refractivity contribution in [3.8, 4) is 0 Å². The van der Waals surface area contributed by atoms with Gasteiger partial charge in [-0.2, -0.15) is 0 Å². The molecule has 1 aromatic carbocycles.